The maximum Gasteiger partial charge on any atom is 0.122 e. The molecule has 0 aliphatic rings. The molecule has 4 nitrogen and oxygen atoms in total. The Labute approximate surface area is 72.2 Å². The highest BCUT2D eigenvalue weighted by Crippen LogP contribution is 2.20. The third-order valence-electron chi connectivity index (χ3n) is 2.04. The van der Waals surface area contributed by atoms with Gasteiger partial charge in [-0.1, -0.05) is 0 Å². The van der Waals surface area contributed by atoms with E-state index < -0.39 is 17.8 Å². The number of aliphatic hydroxyl groups excluding tert-OH is 2. The number of carbonyl (C=O) groups is 1. The van der Waals surface area contributed by atoms with Crippen LogP contribution in [0.4, 0.5) is 0 Å². The molecule has 3 atom stereocenters. The number of ether oxygens (including phenoxy) is 1. The first-order valence-corrected chi connectivity index (χ1v) is 3.83. The van der Waals surface area contributed by atoms with Crippen LogP contribution < -0.4 is 0 Å². The molecular weight excluding hydrogens is 160 g/mol. The van der Waals surface area contributed by atoms with Crippen LogP contribution in [-0.4, -0.2) is 41.4 Å². The van der Waals surface area contributed by atoms with Gasteiger partial charge in [-0.15, -0.1) is 0 Å². The summed E-state index contributed by atoms with van der Waals surface area (Å²) in [5.41, 5.74) is -0.990. The fourth-order valence-electron chi connectivity index (χ4n) is 1.00. The molecule has 0 rings (SSSR count). The van der Waals surface area contributed by atoms with E-state index in [0.29, 0.717) is 6.29 Å². The van der Waals surface area contributed by atoms with Crippen LogP contribution in [-0.2, 0) is 9.53 Å². The SMILES string of the molecule is CO[C@](C)(CC=O)[C@H](O)C(C)O. The Bertz CT molecular complexity index is 146. The van der Waals surface area contributed by atoms with Crippen molar-refractivity contribution in [2.75, 3.05) is 7.11 Å². The minimum absolute atomic E-state index is 0.0650. The van der Waals surface area contributed by atoms with Crippen molar-refractivity contribution < 1.29 is 19.7 Å². The molecule has 1 unspecified atom stereocenters. The minimum atomic E-state index is -1.05. The summed E-state index contributed by atoms with van der Waals surface area (Å²) in [6, 6.07) is 0. The summed E-state index contributed by atoms with van der Waals surface area (Å²) in [7, 11) is 1.40. The Morgan fingerprint density at radius 2 is 2.08 bits per heavy atom. The van der Waals surface area contributed by atoms with Crippen LogP contribution in [0.1, 0.15) is 20.3 Å². The number of hydrogen-bond donors (Lipinski definition) is 2. The highest BCUT2D eigenvalue weighted by molar-refractivity contribution is 5.51. The normalized spacial score (nSPS) is 21.1. The minimum Gasteiger partial charge on any atom is -0.391 e. The van der Waals surface area contributed by atoms with Gasteiger partial charge in [0.05, 0.1) is 11.7 Å². The Morgan fingerprint density at radius 1 is 1.58 bits per heavy atom. The van der Waals surface area contributed by atoms with Crippen LogP contribution in [0.5, 0.6) is 0 Å². The summed E-state index contributed by atoms with van der Waals surface area (Å²) in [5.74, 6) is 0. The zero-order valence-electron chi connectivity index (χ0n) is 7.65. The predicted octanol–water partition coefficient (Wildman–Crippen LogP) is -0.278. The molecule has 0 aliphatic carbocycles. The fourth-order valence-corrected chi connectivity index (χ4v) is 1.00. The molecule has 0 spiro atoms. The quantitative estimate of drug-likeness (QED) is 0.565. The molecule has 12 heavy (non-hydrogen) atoms. The standard InChI is InChI=1S/C8H16O4/c1-6(10)7(11)8(2,12-3)4-5-9/h5-7,10-11H,4H2,1-3H3/t6?,7-,8-/m1/s1. The van der Waals surface area contributed by atoms with E-state index in [-0.39, 0.29) is 6.42 Å². The maximum atomic E-state index is 10.2. The third-order valence-corrected chi connectivity index (χ3v) is 2.04. The van der Waals surface area contributed by atoms with Crippen LogP contribution in [0.25, 0.3) is 0 Å². The lowest BCUT2D eigenvalue weighted by molar-refractivity contribution is -0.141. The van der Waals surface area contributed by atoms with Gasteiger partial charge in [-0.05, 0) is 13.8 Å². The molecule has 0 heterocycles. The number of rotatable bonds is 5. The summed E-state index contributed by atoms with van der Waals surface area (Å²) in [6.07, 6.45) is -1.23. The predicted molar refractivity (Wildman–Crippen MR) is 43.8 cm³/mol. The van der Waals surface area contributed by atoms with Gasteiger partial charge in [0.1, 0.15) is 12.4 Å². The first-order chi connectivity index (χ1) is 5.48. The number of carbonyl (C=O) groups excluding carboxylic acids is 1. The van der Waals surface area contributed by atoms with Crippen molar-refractivity contribution in [3.05, 3.63) is 0 Å². The van der Waals surface area contributed by atoms with Crippen molar-refractivity contribution in [1.29, 1.82) is 0 Å². The molecule has 0 aromatic rings. The number of aldehydes is 1. The Morgan fingerprint density at radius 3 is 2.33 bits per heavy atom. The van der Waals surface area contributed by atoms with Gasteiger partial charge in [-0.3, -0.25) is 0 Å². The molecule has 0 bridgehead atoms. The van der Waals surface area contributed by atoms with Crippen molar-refractivity contribution in [2.24, 2.45) is 0 Å². The largest absolute Gasteiger partial charge is 0.391 e. The monoisotopic (exact) mass is 176 g/mol. The van der Waals surface area contributed by atoms with E-state index >= 15 is 0 Å². The van der Waals surface area contributed by atoms with Gasteiger partial charge in [0.25, 0.3) is 0 Å². The van der Waals surface area contributed by atoms with E-state index in [1.54, 1.807) is 6.92 Å². The molecular formula is C8H16O4. The lowest BCUT2D eigenvalue weighted by Gasteiger charge is -2.33. The highest BCUT2D eigenvalue weighted by atomic mass is 16.5. The van der Waals surface area contributed by atoms with Crippen LogP contribution >= 0.6 is 0 Å². The van der Waals surface area contributed by atoms with Gasteiger partial charge in [0.2, 0.25) is 0 Å². The lowest BCUT2D eigenvalue weighted by atomic mass is 9.92. The molecule has 72 valence electrons. The van der Waals surface area contributed by atoms with Crippen LogP contribution in [0.3, 0.4) is 0 Å². The molecule has 0 fully saturated rings. The number of aliphatic hydroxyl groups is 2. The molecule has 0 amide bonds. The summed E-state index contributed by atoms with van der Waals surface area (Å²) >= 11 is 0. The van der Waals surface area contributed by atoms with Gasteiger partial charge < -0.3 is 19.7 Å². The highest BCUT2D eigenvalue weighted by Gasteiger charge is 2.35. The van der Waals surface area contributed by atoms with Crippen molar-refractivity contribution in [1.82, 2.24) is 0 Å². The van der Waals surface area contributed by atoms with E-state index in [4.69, 9.17) is 9.84 Å². The second-order valence-electron chi connectivity index (χ2n) is 3.07. The zero-order chi connectivity index (χ0) is 9.78. The van der Waals surface area contributed by atoms with Gasteiger partial charge >= 0.3 is 0 Å². The van der Waals surface area contributed by atoms with E-state index in [1.807, 2.05) is 0 Å². The first-order valence-electron chi connectivity index (χ1n) is 3.83. The molecule has 0 aromatic carbocycles. The maximum absolute atomic E-state index is 10.2. The van der Waals surface area contributed by atoms with Crippen molar-refractivity contribution >= 4 is 6.29 Å². The Kier molecular flexibility index (Phi) is 4.37. The summed E-state index contributed by atoms with van der Waals surface area (Å²) in [6.45, 7) is 3.03. The van der Waals surface area contributed by atoms with Crippen molar-refractivity contribution in [3.63, 3.8) is 0 Å². The van der Waals surface area contributed by atoms with Crippen molar-refractivity contribution in [3.8, 4) is 0 Å². The third kappa shape index (κ3) is 2.55. The molecule has 0 radical (unpaired) electrons. The molecule has 0 saturated carbocycles. The zero-order valence-corrected chi connectivity index (χ0v) is 7.65. The van der Waals surface area contributed by atoms with Crippen LogP contribution in [0.15, 0.2) is 0 Å². The second kappa shape index (κ2) is 4.54. The van der Waals surface area contributed by atoms with Gasteiger partial charge in [0.15, 0.2) is 0 Å². The number of hydrogen-bond acceptors (Lipinski definition) is 4. The fraction of sp³-hybridized carbons (Fsp3) is 0.875. The summed E-state index contributed by atoms with van der Waals surface area (Å²) in [4.78, 5) is 10.2. The number of methoxy groups -OCH3 is 1. The molecule has 0 saturated heterocycles. The first kappa shape index (κ1) is 11.6. The Balaban J connectivity index is 4.38. The van der Waals surface area contributed by atoms with Crippen LogP contribution in [0.2, 0.25) is 0 Å². The van der Waals surface area contributed by atoms with Crippen LogP contribution in [0, 0.1) is 0 Å². The molecule has 0 aliphatic heterocycles. The van der Waals surface area contributed by atoms with Crippen molar-refractivity contribution in [2.45, 2.75) is 38.1 Å². The topological polar surface area (TPSA) is 66.8 Å². The average molecular weight is 176 g/mol. The van der Waals surface area contributed by atoms with E-state index in [9.17, 15) is 9.90 Å². The summed E-state index contributed by atoms with van der Waals surface area (Å²) < 4.78 is 4.96. The molecule has 2 N–H and O–H groups in total. The second-order valence-corrected chi connectivity index (χ2v) is 3.07. The summed E-state index contributed by atoms with van der Waals surface area (Å²) in [5, 5.41) is 18.5. The van der Waals surface area contributed by atoms with Gasteiger partial charge in [0, 0.05) is 13.5 Å². The Hall–Kier alpha value is -0.450. The molecule has 0 aromatic heterocycles. The smallest absolute Gasteiger partial charge is 0.122 e. The average Bonchev–Trinajstić information content (AvgIpc) is 2.03. The van der Waals surface area contributed by atoms with E-state index in [0.717, 1.165) is 0 Å². The molecule has 4 heteroatoms. The van der Waals surface area contributed by atoms with E-state index in [2.05, 4.69) is 0 Å². The van der Waals surface area contributed by atoms with Gasteiger partial charge in [-0.25, -0.2) is 0 Å². The van der Waals surface area contributed by atoms with Gasteiger partial charge in [-0.2, -0.15) is 0 Å². The lowest BCUT2D eigenvalue weighted by Crippen LogP contribution is -2.47. The van der Waals surface area contributed by atoms with E-state index in [1.165, 1.54) is 14.0 Å².